The molecule has 0 saturated heterocycles. The molecule has 168 valence electrons. The van der Waals surface area contributed by atoms with Gasteiger partial charge < -0.3 is 14.8 Å². The summed E-state index contributed by atoms with van der Waals surface area (Å²) in [7, 11) is 1.58. The number of benzene rings is 3. The quantitative estimate of drug-likeness (QED) is 0.201. The summed E-state index contributed by atoms with van der Waals surface area (Å²) < 4.78 is 10.5. The topological polar surface area (TPSA) is 113 Å². The van der Waals surface area contributed by atoms with Crippen LogP contribution >= 0.6 is 0 Å². The molecule has 0 aliphatic heterocycles. The highest BCUT2D eigenvalue weighted by atomic mass is 16.5. The molecule has 0 fully saturated rings. The Morgan fingerprint density at radius 3 is 2.45 bits per heavy atom. The summed E-state index contributed by atoms with van der Waals surface area (Å²) in [5.41, 5.74) is 11.2. The number of carbonyl (C=O) groups excluding carboxylic acids is 2. The van der Waals surface area contributed by atoms with Crippen LogP contribution in [0.25, 0.3) is 10.4 Å². The van der Waals surface area contributed by atoms with Crippen molar-refractivity contribution in [1.82, 2.24) is 0 Å². The van der Waals surface area contributed by atoms with Crippen LogP contribution in [-0.4, -0.2) is 25.5 Å². The molecule has 1 amide bonds. The Morgan fingerprint density at radius 2 is 1.76 bits per heavy atom. The number of anilines is 1. The molecule has 1 unspecified atom stereocenters. The molecule has 1 N–H and O–H groups in total. The molecule has 0 bridgehead atoms. The second-order valence-corrected chi connectivity index (χ2v) is 7.29. The average Bonchev–Trinajstić information content (AvgIpc) is 2.86. The number of rotatable bonds is 10. The molecule has 0 spiro atoms. The first kappa shape index (κ1) is 23.4. The van der Waals surface area contributed by atoms with Crippen molar-refractivity contribution in [3.8, 4) is 5.75 Å². The Labute approximate surface area is 191 Å². The Bertz CT molecular complexity index is 1130. The average molecular weight is 444 g/mol. The Kier molecular flexibility index (Phi) is 8.45. The summed E-state index contributed by atoms with van der Waals surface area (Å²) in [5, 5.41) is 6.39. The lowest BCUT2D eigenvalue weighted by Gasteiger charge is -2.15. The van der Waals surface area contributed by atoms with Crippen LogP contribution in [0.5, 0.6) is 5.75 Å². The van der Waals surface area contributed by atoms with Crippen molar-refractivity contribution in [2.45, 2.75) is 13.0 Å². The normalized spacial score (nSPS) is 11.1. The van der Waals surface area contributed by atoms with Gasteiger partial charge in [-0.15, -0.1) is 0 Å². The SMILES string of the molecule is COc1ccc(COC(=O)c2cccc(NC(=O)C(CN=[N+]=[N-])Cc3ccccc3)c2)cc1. The maximum absolute atomic E-state index is 12.8. The molecule has 3 aromatic rings. The minimum Gasteiger partial charge on any atom is -0.497 e. The predicted octanol–water partition coefficient (Wildman–Crippen LogP) is 5.16. The Morgan fingerprint density at radius 1 is 1.00 bits per heavy atom. The molecule has 0 aliphatic rings. The Hall–Kier alpha value is -4.29. The van der Waals surface area contributed by atoms with Crippen molar-refractivity contribution in [3.05, 3.63) is 106 Å². The van der Waals surface area contributed by atoms with Crippen LogP contribution in [0.15, 0.2) is 84.0 Å². The van der Waals surface area contributed by atoms with Gasteiger partial charge in [0.25, 0.3) is 0 Å². The van der Waals surface area contributed by atoms with Crippen LogP contribution in [0.2, 0.25) is 0 Å². The van der Waals surface area contributed by atoms with Gasteiger partial charge in [0.1, 0.15) is 12.4 Å². The van der Waals surface area contributed by atoms with Crippen LogP contribution in [0.3, 0.4) is 0 Å². The molecule has 3 rings (SSSR count). The van der Waals surface area contributed by atoms with Crippen LogP contribution in [-0.2, 0) is 22.6 Å². The van der Waals surface area contributed by atoms with E-state index in [2.05, 4.69) is 15.3 Å². The summed E-state index contributed by atoms with van der Waals surface area (Å²) in [6.45, 7) is 0.144. The lowest BCUT2D eigenvalue weighted by molar-refractivity contribution is -0.119. The highest BCUT2D eigenvalue weighted by molar-refractivity contribution is 5.95. The van der Waals surface area contributed by atoms with Crippen molar-refractivity contribution >= 4 is 17.6 Å². The molecule has 1 atom stereocenters. The number of amides is 1. The second-order valence-electron chi connectivity index (χ2n) is 7.29. The monoisotopic (exact) mass is 444 g/mol. The van der Waals surface area contributed by atoms with E-state index >= 15 is 0 Å². The molecule has 0 saturated carbocycles. The summed E-state index contributed by atoms with van der Waals surface area (Å²) in [5.74, 6) is -0.625. The number of azide groups is 1. The zero-order valence-electron chi connectivity index (χ0n) is 18.2. The highest BCUT2D eigenvalue weighted by Gasteiger charge is 2.19. The van der Waals surface area contributed by atoms with E-state index < -0.39 is 11.9 Å². The number of ether oxygens (including phenoxy) is 2. The number of hydrogen-bond acceptors (Lipinski definition) is 5. The molecule has 0 aliphatic carbocycles. The number of hydrogen-bond donors (Lipinski definition) is 1. The fraction of sp³-hybridized carbons (Fsp3) is 0.200. The van der Waals surface area contributed by atoms with E-state index in [1.54, 1.807) is 43.5 Å². The number of nitrogens with one attached hydrogen (secondary N) is 1. The smallest absolute Gasteiger partial charge is 0.338 e. The van der Waals surface area contributed by atoms with Crippen molar-refractivity contribution in [1.29, 1.82) is 0 Å². The van der Waals surface area contributed by atoms with Gasteiger partial charge in [-0.3, -0.25) is 4.79 Å². The first-order chi connectivity index (χ1) is 16.1. The van der Waals surface area contributed by atoms with Gasteiger partial charge in [-0.1, -0.05) is 53.6 Å². The first-order valence-corrected chi connectivity index (χ1v) is 10.3. The molecule has 8 nitrogen and oxygen atoms in total. The van der Waals surface area contributed by atoms with Crippen LogP contribution in [0, 0.1) is 5.92 Å². The Balaban J connectivity index is 1.63. The second kappa shape index (κ2) is 11.9. The van der Waals surface area contributed by atoms with E-state index in [0.717, 1.165) is 16.9 Å². The van der Waals surface area contributed by atoms with Gasteiger partial charge in [0, 0.05) is 23.1 Å². The summed E-state index contributed by atoms with van der Waals surface area (Å²) >= 11 is 0. The standard InChI is InChI=1S/C25H24N4O4/c1-32-23-12-10-19(11-13-23)17-33-25(31)20-8-5-9-22(15-20)28-24(30)21(16-27-29-26)14-18-6-3-2-4-7-18/h2-13,15,21H,14,16-17H2,1H3,(H,28,30). The van der Waals surface area contributed by atoms with Crippen LogP contribution < -0.4 is 10.1 Å². The van der Waals surface area contributed by atoms with Gasteiger partial charge in [-0.05, 0) is 53.4 Å². The van der Waals surface area contributed by atoms with E-state index in [9.17, 15) is 9.59 Å². The first-order valence-electron chi connectivity index (χ1n) is 10.3. The van der Waals surface area contributed by atoms with E-state index in [1.807, 2.05) is 42.5 Å². The maximum Gasteiger partial charge on any atom is 0.338 e. The fourth-order valence-corrected chi connectivity index (χ4v) is 3.20. The van der Waals surface area contributed by atoms with E-state index in [0.29, 0.717) is 17.7 Å². The van der Waals surface area contributed by atoms with E-state index in [4.69, 9.17) is 15.0 Å². The minimum atomic E-state index is -0.547. The maximum atomic E-state index is 12.8. The molecular formula is C25H24N4O4. The third-order valence-corrected chi connectivity index (χ3v) is 4.96. The van der Waals surface area contributed by atoms with Crippen molar-refractivity contribution in [3.63, 3.8) is 0 Å². The third-order valence-electron chi connectivity index (χ3n) is 4.96. The van der Waals surface area contributed by atoms with Crippen LogP contribution in [0.1, 0.15) is 21.5 Å². The molecular weight excluding hydrogens is 420 g/mol. The molecule has 0 aromatic heterocycles. The van der Waals surface area contributed by atoms with Gasteiger partial charge in [0.2, 0.25) is 5.91 Å². The zero-order chi connectivity index (χ0) is 23.5. The number of nitrogens with zero attached hydrogens (tertiary/aromatic N) is 3. The number of methoxy groups -OCH3 is 1. The van der Waals surface area contributed by atoms with E-state index in [1.165, 1.54) is 0 Å². The largest absolute Gasteiger partial charge is 0.497 e. The molecule has 8 heteroatoms. The van der Waals surface area contributed by atoms with Gasteiger partial charge >= 0.3 is 5.97 Å². The van der Waals surface area contributed by atoms with Gasteiger partial charge in [-0.2, -0.15) is 0 Å². The van der Waals surface area contributed by atoms with Crippen molar-refractivity contribution in [2.24, 2.45) is 11.0 Å². The summed E-state index contributed by atoms with van der Waals surface area (Å²) in [4.78, 5) is 28.1. The summed E-state index contributed by atoms with van der Waals surface area (Å²) in [6.07, 6.45) is 0.426. The van der Waals surface area contributed by atoms with Gasteiger partial charge in [0.05, 0.1) is 12.7 Å². The summed E-state index contributed by atoms with van der Waals surface area (Å²) in [6, 6.07) is 23.2. The highest BCUT2D eigenvalue weighted by Crippen LogP contribution is 2.17. The predicted molar refractivity (Wildman–Crippen MR) is 125 cm³/mol. The van der Waals surface area contributed by atoms with Gasteiger partial charge in [-0.25, -0.2) is 4.79 Å². The van der Waals surface area contributed by atoms with Crippen molar-refractivity contribution in [2.75, 3.05) is 19.0 Å². The molecule has 0 radical (unpaired) electrons. The lowest BCUT2D eigenvalue weighted by atomic mass is 9.98. The van der Waals surface area contributed by atoms with E-state index in [-0.39, 0.29) is 19.1 Å². The molecule has 3 aromatic carbocycles. The minimum absolute atomic E-state index is 0.0286. The molecule has 0 heterocycles. The number of carbonyl (C=O) groups is 2. The fourth-order valence-electron chi connectivity index (χ4n) is 3.20. The lowest BCUT2D eigenvalue weighted by Crippen LogP contribution is -2.27. The third kappa shape index (κ3) is 7.12. The number of esters is 1. The van der Waals surface area contributed by atoms with Crippen molar-refractivity contribution < 1.29 is 19.1 Å². The van der Waals surface area contributed by atoms with Gasteiger partial charge in [0.15, 0.2) is 0 Å². The molecule has 33 heavy (non-hydrogen) atoms. The van der Waals surface area contributed by atoms with Crippen LogP contribution in [0.4, 0.5) is 5.69 Å². The zero-order valence-corrected chi connectivity index (χ0v) is 18.2.